The molecule has 0 atom stereocenters. The van der Waals surface area contributed by atoms with Gasteiger partial charge in [-0.15, -0.1) is 0 Å². The van der Waals surface area contributed by atoms with Crippen LogP contribution in [0.3, 0.4) is 0 Å². The molecule has 0 aromatic carbocycles. The Morgan fingerprint density at radius 3 is 2.93 bits per heavy atom. The topological polar surface area (TPSA) is 61.3 Å². The highest BCUT2D eigenvalue weighted by molar-refractivity contribution is 6.28. The molecular weight excluding hydrogens is 208 g/mol. The maximum absolute atomic E-state index is 10.6. The second-order valence-electron chi connectivity index (χ2n) is 2.43. The molecule has 6 heteroatoms. The van der Waals surface area contributed by atoms with Crippen molar-refractivity contribution in [2.75, 3.05) is 7.11 Å². The van der Waals surface area contributed by atoms with Gasteiger partial charge in [-0.05, 0) is 11.6 Å². The van der Waals surface area contributed by atoms with Crippen molar-refractivity contribution in [3.05, 3.63) is 17.2 Å². The van der Waals surface area contributed by atoms with Gasteiger partial charge in [0.1, 0.15) is 12.3 Å². The molecule has 0 saturated heterocycles. The molecule has 0 unspecified atom stereocenters. The average molecular weight is 217 g/mol. The van der Waals surface area contributed by atoms with Crippen LogP contribution in [0, 0.1) is 0 Å². The van der Waals surface area contributed by atoms with Gasteiger partial charge >= 0.3 is 5.97 Å². The molecule has 1 aromatic rings. The molecule has 1 heterocycles. The van der Waals surface area contributed by atoms with Crippen LogP contribution in [0.5, 0.6) is 5.75 Å². The number of halogens is 1. The lowest BCUT2D eigenvalue weighted by atomic mass is 10.4. The third kappa shape index (κ3) is 2.85. The Bertz CT molecular complexity index is 343. The summed E-state index contributed by atoms with van der Waals surface area (Å²) < 4.78 is 9.72. The summed E-state index contributed by atoms with van der Waals surface area (Å²) in [7, 11) is 1.48. The van der Waals surface area contributed by atoms with Crippen LogP contribution in [0.2, 0.25) is 5.28 Å². The van der Waals surface area contributed by atoms with Crippen molar-refractivity contribution in [1.82, 2.24) is 9.97 Å². The summed E-state index contributed by atoms with van der Waals surface area (Å²) >= 11 is 5.57. The van der Waals surface area contributed by atoms with Crippen LogP contribution >= 0.6 is 11.6 Å². The summed E-state index contributed by atoms with van der Waals surface area (Å²) in [6.07, 6.45) is 1.42. The fourth-order valence-electron chi connectivity index (χ4n) is 0.826. The van der Waals surface area contributed by atoms with E-state index < -0.39 is 0 Å². The zero-order valence-corrected chi connectivity index (χ0v) is 8.54. The normalized spacial score (nSPS) is 9.64. The molecule has 0 fully saturated rings. The second kappa shape index (κ2) is 4.76. The highest BCUT2D eigenvalue weighted by atomic mass is 35.5. The number of carbonyl (C=O) groups excluding carboxylic acids is 1. The Labute approximate surface area is 86.0 Å². The van der Waals surface area contributed by atoms with Crippen LogP contribution in [-0.2, 0) is 16.1 Å². The number of rotatable bonds is 3. The molecule has 14 heavy (non-hydrogen) atoms. The van der Waals surface area contributed by atoms with E-state index >= 15 is 0 Å². The van der Waals surface area contributed by atoms with Crippen molar-refractivity contribution in [2.45, 2.75) is 13.5 Å². The predicted octanol–water partition coefficient (Wildman–Crippen LogP) is 1.20. The molecule has 0 aliphatic carbocycles. The van der Waals surface area contributed by atoms with E-state index in [1.807, 2.05) is 0 Å². The molecule has 0 aliphatic heterocycles. The van der Waals surface area contributed by atoms with E-state index in [9.17, 15) is 4.79 Å². The van der Waals surface area contributed by atoms with E-state index in [0.717, 1.165) is 0 Å². The minimum atomic E-state index is -0.387. The van der Waals surface area contributed by atoms with Crippen LogP contribution in [0.1, 0.15) is 12.6 Å². The maximum Gasteiger partial charge on any atom is 0.303 e. The Kier molecular flexibility index (Phi) is 3.64. The molecule has 1 aromatic heterocycles. The first kappa shape index (κ1) is 10.7. The number of carbonyl (C=O) groups is 1. The highest BCUT2D eigenvalue weighted by Gasteiger charge is 2.07. The van der Waals surface area contributed by atoms with E-state index in [4.69, 9.17) is 21.1 Å². The number of hydrogen-bond acceptors (Lipinski definition) is 5. The Hall–Kier alpha value is -1.36. The maximum atomic E-state index is 10.6. The van der Waals surface area contributed by atoms with Gasteiger partial charge in [0.15, 0.2) is 5.75 Å². The highest BCUT2D eigenvalue weighted by Crippen LogP contribution is 2.17. The molecular formula is C8H9ClN2O3. The Morgan fingerprint density at radius 1 is 1.64 bits per heavy atom. The zero-order valence-electron chi connectivity index (χ0n) is 7.78. The minimum Gasteiger partial charge on any atom is -0.493 e. The summed E-state index contributed by atoms with van der Waals surface area (Å²) in [6.45, 7) is 1.34. The average Bonchev–Trinajstić information content (AvgIpc) is 2.15. The van der Waals surface area contributed by atoms with Crippen LogP contribution in [0.4, 0.5) is 0 Å². The van der Waals surface area contributed by atoms with Gasteiger partial charge in [0.25, 0.3) is 0 Å². The first-order chi connectivity index (χ1) is 6.63. The van der Waals surface area contributed by atoms with Gasteiger partial charge in [-0.25, -0.2) is 9.97 Å². The van der Waals surface area contributed by atoms with Gasteiger partial charge in [-0.1, -0.05) is 0 Å². The van der Waals surface area contributed by atoms with Gasteiger partial charge in [0.2, 0.25) is 5.28 Å². The second-order valence-corrected chi connectivity index (χ2v) is 2.77. The fourth-order valence-corrected chi connectivity index (χ4v) is 0.976. The standard InChI is InChI=1S/C8H9ClN2O3/c1-5(12)14-4-6-7(13-2)3-10-8(9)11-6/h3H,4H2,1-2H3. The molecule has 76 valence electrons. The van der Waals surface area contributed by atoms with Crippen molar-refractivity contribution in [1.29, 1.82) is 0 Å². The third-order valence-corrected chi connectivity index (χ3v) is 1.61. The fraction of sp³-hybridized carbons (Fsp3) is 0.375. The van der Waals surface area contributed by atoms with E-state index in [2.05, 4.69) is 9.97 Å². The zero-order chi connectivity index (χ0) is 10.6. The van der Waals surface area contributed by atoms with Crippen molar-refractivity contribution in [3.63, 3.8) is 0 Å². The predicted molar refractivity (Wildman–Crippen MR) is 49.1 cm³/mol. The summed E-state index contributed by atoms with van der Waals surface area (Å²) in [5.41, 5.74) is 0.447. The minimum absolute atomic E-state index is 0.0285. The molecule has 0 N–H and O–H groups in total. The van der Waals surface area contributed by atoms with E-state index in [0.29, 0.717) is 11.4 Å². The molecule has 0 amide bonds. The number of methoxy groups -OCH3 is 1. The summed E-state index contributed by atoms with van der Waals surface area (Å²) in [6, 6.07) is 0. The lowest BCUT2D eigenvalue weighted by molar-refractivity contribution is -0.142. The molecule has 0 spiro atoms. The molecule has 0 radical (unpaired) electrons. The lowest BCUT2D eigenvalue weighted by Gasteiger charge is -2.06. The first-order valence-corrected chi connectivity index (χ1v) is 4.20. The number of nitrogens with zero attached hydrogens (tertiary/aromatic N) is 2. The van der Waals surface area contributed by atoms with Gasteiger partial charge in [-0.2, -0.15) is 0 Å². The smallest absolute Gasteiger partial charge is 0.303 e. The monoisotopic (exact) mass is 216 g/mol. The van der Waals surface area contributed by atoms with Crippen LogP contribution in [-0.4, -0.2) is 23.0 Å². The molecule has 5 nitrogen and oxygen atoms in total. The SMILES string of the molecule is COc1cnc(Cl)nc1COC(C)=O. The van der Waals surface area contributed by atoms with E-state index in [-0.39, 0.29) is 17.9 Å². The number of ether oxygens (including phenoxy) is 2. The van der Waals surface area contributed by atoms with Crippen molar-refractivity contribution >= 4 is 17.6 Å². The van der Waals surface area contributed by atoms with Gasteiger partial charge in [0, 0.05) is 6.92 Å². The van der Waals surface area contributed by atoms with Crippen molar-refractivity contribution in [3.8, 4) is 5.75 Å². The van der Waals surface area contributed by atoms with Gasteiger partial charge in [-0.3, -0.25) is 4.79 Å². The number of esters is 1. The lowest BCUT2D eigenvalue weighted by Crippen LogP contribution is -2.03. The molecule has 0 bridgehead atoms. The quantitative estimate of drug-likeness (QED) is 0.561. The summed E-state index contributed by atoms with van der Waals surface area (Å²) in [5.74, 6) is 0.0532. The first-order valence-electron chi connectivity index (χ1n) is 3.82. The van der Waals surface area contributed by atoms with Crippen LogP contribution in [0.15, 0.2) is 6.20 Å². The van der Waals surface area contributed by atoms with Gasteiger partial charge < -0.3 is 9.47 Å². The van der Waals surface area contributed by atoms with Crippen molar-refractivity contribution < 1.29 is 14.3 Å². The van der Waals surface area contributed by atoms with Crippen LogP contribution < -0.4 is 4.74 Å². The van der Waals surface area contributed by atoms with Crippen molar-refractivity contribution in [2.24, 2.45) is 0 Å². The molecule has 0 aliphatic rings. The third-order valence-electron chi connectivity index (χ3n) is 1.43. The molecule has 0 saturated carbocycles. The summed E-state index contributed by atoms with van der Waals surface area (Å²) in [4.78, 5) is 18.2. The summed E-state index contributed by atoms with van der Waals surface area (Å²) in [5, 5.41) is 0.0907. The van der Waals surface area contributed by atoms with Crippen LogP contribution in [0.25, 0.3) is 0 Å². The largest absolute Gasteiger partial charge is 0.493 e. The number of hydrogen-bond donors (Lipinski definition) is 0. The molecule has 1 rings (SSSR count). The number of aromatic nitrogens is 2. The van der Waals surface area contributed by atoms with E-state index in [1.54, 1.807) is 0 Å². The van der Waals surface area contributed by atoms with Gasteiger partial charge in [0.05, 0.1) is 13.3 Å². The van der Waals surface area contributed by atoms with E-state index in [1.165, 1.54) is 20.2 Å². The Balaban J connectivity index is 2.82. The Morgan fingerprint density at radius 2 is 2.36 bits per heavy atom.